The molecule has 0 saturated heterocycles. The van der Waals surface area contributed by atoms with Crippen molar-refractivity contribution in [2.45, 2.75) is 44.7 Å². The summed E-state index contributed by atoms with van der Waals surface area (Å²) >= 11 is 0. The van der Waals surface area contributed by atoms with Gasteiger partial charge in [-0.3, -0.25) is 0 Å². The van der Waals surface area contributed by atoms with Crippen molar-refractivity contribution < 1.29 is 4.57 Å². The van der Waals surface area contributed by atoms with Crippen LogP contribution in [0.1, 0.15) is 44.6 Å². The third kappa shape index (κ3) is 3.47. The van der Waals surface area contributed by atoms with E-state index in [0.29, 0.717) is 23.4 Å². The minimum Gasteiger partial charge on any atom is -0.0677 e. The van der Waals surface area contributed by atoms with Crippen LogP contribution in [-0.2, 0) is 4.57 Å². The van der Waals surface area contributed by atoms with Crippen LogP contribution in [-0.4, -0.2) is 5.66 Å². The van der Waals surface area contributed by atoms with Crippen LogP contribution in [0.2, 0.25) is 0 Å². The van der Waals surface area contributed by atoms with Gasteiger partial charge in [-0.25, -0.2) is 0 Å². The van der Waals surface area contributed by atoms with Crippen LogP contribution in [0.25, 0.3) is 0 Å². The Labute approximate surface area is 182 Å². The van der Waals surface area contributed by atoms with E-state index in [1.54, 1.807) is 0 Å². The molecule has 5 atom stereocenters. The summed E-state index contributed by atoms with van der Waals surface area (Å²) in [6.07, 6.45) is 3.63. The van der Waals surface area contributed by atoms with Crippen molar-refractivity contribution in [3.8, 4) is 0 Å². The molecule has 0 spiro atoms. The summed E-state index contributed by atoms with van der Waals surface area (Å²) in [5, 5.41) is 5.17. The molecule has 1 heterocycles. The van der Waals surface area contributed by atoms with Gasteiger partial charge in [-0.05, 0) is 49.3 Å². The molecule has 0 aromatic heterocycles. The molecule has 1 nitrogen and oxygen atoms in total. The summed E-state index contributed by atoms with van der Waals surface area (Å²) in [7, 11) is -2.11. The molecular formula is C27H29OP2+. The van der Waals surface area contributed by atoms with Crippen LogP contribution in [0.5, 0.6) is 0 Å². The molecule has 0 bridgehead atoms. The highest BCUT2D eigenvalue weighted by Crippen LogP contribution is 2.53. The van der Waals surface area contributed by atoms with Crippen LogP contribution in [0, 0.1) is 11.8 Å². The second-order valence-electron chi connectivity index (χ2n) is 8.99. The van der Waals surface area contributed by atoms with Crippen molar-refractivity contribution in [3.05, 3.63) is 84.4 Å². The Bertz CT molecular complexity index is 1010. The second kappa shape index (κ2) is 8.37. The molecule has 3 heteroatoms. The molecule has 2 unspecified atom stereocenters. The van der Waals surface area contributed by atoms with E-state index in [0.717, 1.165) is 6.42 Å². The number of fused-ring (bicyclic) bond motifs is 2. The van der Waals surface area contributed by atoms with E-state index in [4.69, 9.17) is 0 Å². The van der Waals surface area contributed by atoms with E-state index >= 15 is 0 Å². The highest BCUT2D eigenvalue weighted by molar-refractivity contribution is 7.81. The fourth-order valence-electron chi connectivity index (χ4n) is 5.54. The topological polar surface area (TPSA) is 17.1 Å². The minimum absolute atomic E-state index is 0.343. The van der Waals surface area contributed by atoms with Gasteiger partial charge in [-0.1, -0.05) is 97.6 Å². The van der Waals surface area contributed by atoms with Gasteiger partial charge in [0.2, 0.25) is 5.30 Å². The molecular weight excluding hydrogens is 402 g/mol. The van der Waals surface area contributed by atoms with Gasteiger partial charge in [0.05, 0.1) is 0 Å². The predicted octanol–water partition coefficient (Wildman–Crippen LogP) is 5.82. The third-order valence-corrected chi connectivity index (χ3v) is 11.9. The van der Waals surface area contributed by atoms with Gasteiger partial charge in [0.15, 0.2) is 5.66 Å². The molecule has 152 valence electrons. The highest BCUT2D eigenvalue weighted by atomic mass is 31.1. The van der Waals surface area contributed by atoms with Crippen LogP contribution >= 0.6 is 15.7 Å². The lowest BCUT2D eigenvalue weighted by atomic mass is 9.74. The first-order chi connectivity index (χ1) is 14.6. The minimum atomic E-state index is -1.39. The Morgan fingerprint density at radius 1 is 0.800 bits per heavy atom. The van der Waals surface area contributed by atoms with Gasteiger partial charge in [0, 0.05) is 16.8 Å². The highest BCUT2D eigenvalue weighted by Gasteiger charge is 2.52. The van der Waals surface area contributed by atoms with Gasteiger partial charge in [0.1, 0.15) is 0 Å². The third-order valence-electron chi connectivity index (χ3n) is 7.10. The lowest BCUT2D eigenvalue weighted by Crippen LogP contribution is -2.42. The number of rotatable bonds is 3. The molecule has 1 aliphatic heterocycles. The number of hydrogen-bond donors (Lipinski definition) is 0. The fraction of sp³-hybridized carbons (Fsp3) is 0.333. The lowest BCUT2D eigenvalue weighted by Gasteiger charge is -2.37. The number of benzene rings is 3. The van der Waals surface area contributed by atoms with Crippen molar-refractivity contribution in [2.24, 2.45) is 11.8 Å². The summed E-state index contributed by atoms with van der Waals surface area (Å²) in [6.45, 7) is 4.72. The maximum Gasteiger partial charge on any atom is 0.381 e. The molecule has 5 rings (SSSR count). The van der Waals surface area contributed by atoms with Crippen molar-refractivity contribution in [1.82, 2.24) is 0 Å². The molecule has 1 aliphatic carbocycles. The molecule has 0 radical (unpaired) electrons. The van der Waals surface area contributed by atoms with E-state index in [9.17, 15) is 4.57 Å². The summed E-state index contributed by atoms with van der Waals surface area (Å²) in [5.74, 6) is 1.76. The Hall–Kier alpha value is -1.81. The van der Waals surface area contributed by atoms with E-state index in [2.05, 4.69) is 92.7 Å². The molecule has 2 aliphatic rings. The fourth-order valence-corrected chi connectivity index (χ4v) is 11.0. The Morgan fingerprint density at radius 2 is 1.43 bits per heavy atom. The summed E-state index contributed by atoms with van der Waals surface area (Å²) in [5.41, 5.74) is 1.69. The molecule has 1 saturated carbocycles. The molecule has 30 heavy (non-hydrogen) atoms. The SMILES string of the molecule is CC1c2cccc(P(c3ccccc3)c3ccccc3)c2[P+](=O)[C@@H]2C[C@H](C)CC[C@@H]12. The summed E-state index contributed by atoms with van der Waals surface area (Å²) < 4.78 is 14.1. The van der Waals surface area contributed by atoms with E-state index in [-0.39, 0.29) is 0 Å². The first-order valence-corrected chi connectivity index (χ1v) is 13.8. The van der Waals surface area contributed by atoms with E-state index in [1.807, 2.05) is 0 Å². The zero-order valence-electron chi connectivity index (χ0n) is 17.7. The zero-order valence-corrected chi connectivity index (χ0v) is 19.5. The van der Waals surface area contributed by atoms with E-state index < -0.39 is 15.7 Å². The Balaban J connectivity index is 1.70. The van der Waals surface area contributed by atoms with Gasteiger partial charge in [-0.15, -0.1) is 0 Å². The molecule has 0 N–H and O–H groups in total. The first-order valence-electron chi connectivity index (χ1n) is 11.1. The largest absolute Gasteiger partial charge is 0.381 e. The van der Waals surface area contributed by atoms with Gasteiger partial charge < -0.3 is 0 Å². The van der Waals surface area contributed by atoms with E-state index in [1.165, 1.54) is 39.6 Å². The average Bonchev–Trinajstić information content (AvgIpc) is 2.79. The zero-order chi connectivity index (χ0) is 20.7. The van der Waals surface area contributed by atoms with Crippen LogP contribution in [0.4, 0.5) is 0 Å². The standard InChI is InChI=1S/C27H29OP2/c1-19-16-17-23-20(2)24-14-9-15-25(27(24)30(28)26(23)18-19)29(21-10-5-3-6-11-21)22-12-7-4-8-13-22/h3-15,19-20,23,26H,16-18H2,1-2H3/q+1/t19-,20?,23+,26-/m1/s1. The van der Waals surface area contributed by atoms with Crippen molar-refractivity contribution >= 4 is 36.9 Å². The normalized spacial score (nSPS) is 26.8. The average molecular weight is 431 g/mol. The van der Waals surface area contributed by atoms with Crippen molar-refractivity contribution in [2.75, 3.05) is 0 Å². The van der Waals surface area contributed by atoms with Crippen molar-refractivity contribution in [3.63, 3.8) is 0 Å². The van der Waals surface area contributed by atoms with Crippen LogP contribution in [0.3, 0.4) is 0 Å². The van der Waals surface area contributed by atoms with Gasteiger partial charge >= 0.3 is 7.80 Å². The van der Waals surface area contributed by atoms with Gasteiger partial charge in [0.25, 0.3) is 0 Å². The van der Waals surface area contributed by atoms with Crippen LogP contribution in [0.15, 0.2) is 78.9 Å². The van der Waals surface area contributed by atoms with Crippen molar-refractivity contribution in [1.29, 1.82) is 0 Å². The van der Waals surface area contributed by atoms with Gasteiger partial charge in [-0.2, -0.15) is 0 Å². The van der Waals surface area contributed by atoms with Crippen LogP contribution < -0.4 is 21.2 Å². The maximum atomic E-state index is 14.1. The quantitative estimate of drug-likeness (QED) is 0.478. The second-order valence-corrected chi connectivity index (χ2v) is 12.9. The molecule has 1 fully saturated rings. The molecule has 3 aromatic carbocycles. The number of hydrogen-bond acceptors (Lipinski definition) is 1. The summed E-state index contributed by atoms with van der Waals surface area (Å²) in [6, 6.07) is 28.4. The smallest absolute Gasteiger partial charge is 0.0677 e. The maximum absolute atomic E-state index is 14.1. The molecule has 3 aromatic rings. The summed E-state index contributed by atoms with van der Waals surface area (Å²) in [4.78, 5) is 0. The lowest BCUT2D eigenvalue weighted by molar-refractivity contribution is 0.263. The Morgan fingerprint density at radius 3 is 2.07 bits per heavy atom. The Kier molecular flexibility index (Phi) is 5.61. The predicted molar refractivity (Wildman–Crippen MR) is 131 cm³/mol. The molecule has 0 amide bonds. The monoisotopic (exact) mass is 431 g/mol. The first kappa shape index (κ1) is 20.1.